The lowest BCUT2D eigenvalue weighted by atomic mass is 10.1. The van der Waals surface area contributed by atoms with Crippen molar-refractivity contribution in [1.29, 1.82) is 0 Å². The van der Waals surface area contributed by atoms with Crippen LogP contribution in [0.15, 0.2) is 22.7 Å². The molecule has 0 radical (unpaired) electrons. The number of nitrogens with zero attached hydrogens (tertiary/aromatic N) is 1. The van der Waals surface area contributed by atoms with Gasteiger partial charge in [0.2, 0.25) is 0 Å². The van der Waals surface area contributed by atoms with Crippen LogP contribution in [0.3, 0.4) is 0 Å². The maximum absolute atomic E-state index is 10.6. The Morgan fingerprint density at radius 3 is 2.76 bits per heavy atom. The summed E-state index contributed by atoms with van der Waals surface area (Å²) in [5, 5.41) is 14.1. The third-order valence-electron chi connectivity index (χ3n) is 3.85. The fraction of sp³-hybridized carbons (Fsp3) is 0.500. The highest BCUT2D eigenvalue weighted by Gasteiger charge is 2.47. The number of nitro benzene ring substituents is 1. The minimum Gasteiger partial charge on any atom is -0.381 e. The normalized spacial score (nSPS) is 29.8. The Morgan fingerprint density at radius 1 is 1.41 bits per heavy atom. The van der Waals surface area contributed by atoms with E-state index in [0.29, 0.717) is 6.04 Å². The summed E-state index contributed by atoms with van der Waals surface area (Å²) in [6, 6.07) is 5.45. The quantitative estimate of drug-likeness (QED) is 0.685. The summed E-state index contributed by atoms with van der Waals surface area (Å²) in [6.07, 6.45) is 3.90. The number of hydrogen-bond acceptors (Lipinski definition) is 3. The third-order valence-corrected chi connectivity index (χ3v) is 4.50. The van der Waals surface area contributed by atoms with Gasteiger partial charge in [0, 0.05) is 28.3 Å². The van der Waals surface area contributed by atoms with Crippen molar-refractivity contribution < 1.29 is 4.92 Å². The van der Waals surface area contributed by atoms with Crippen LogP contribution in [0.4, 0.5) is 11.4 Å². The second kappa shape index (κ2) is 3.98. The van der Waals surface area contributed by atoms with Crippen LogP contribution >= 0.6 is 15.9 Å². The molecule has 1 aromatic carbocycles. The molecule has 0 aromatic heterocycles. The van der Waals surface area contributed by atoms with Crippen LogP contribution in [-0.2, 0) is 0 Å². The molecule has 17 heavy (non-hydrogen) atoms. The molecule has 3 atom stereocenters. The molecule has 3 rings (SSSR count). The molecule has 2 aliphatic rings. The summed E-state index contributed by atoms with van der Waals surface area (Å²) in [6.45, 7) is 0. The van der Waals surface area contributed by atoms with E-state index in [2.05, 4.69) is 21.2 Å². The number of benzene rings is 1. The molecule has 0 saturated heterocycles. The Kier molecular flexibility index (Phi) is 2.58. The zero-order chi connectivity index (χ0) is 12.0. The summed E-state index contributed by atoms with van der Waals surface area (Å²) in [4.78, 5) is 10.3. The van der Waals surface area contributed by atoms with Crippen molar-refractivity contribution in [3.8, 4) is 0 Å². The van der Waals surface area contributed by atoms with Gasteiger partial charge in [0.1, 0.15) is 0 Å². The molecule has 1 N–H and O–H groups in total. The van der Waals surface area contributed by atoms with Gasteiger partial charge < -0.3 is 5.32 Å². The highest BCUT2D eigenvalue weighted by Crippen LogP contribution is 2.52. The summed E-state index contributed by atoms with van der Waals surface area (Å²) in [5.41, 5.74) is 1.09. The Labute approximate surface area is 108 Å². The Hall–Kier alpha value is -1.10. The SMILES string of the molecule is O=[N+]([O-])c1ccc(NC2CCC3CC32)c(Br)c1. The van der Waals surface area contributed by atoms with Gasteiger partial charge in [-0.2, -0.15) is 0 Å². The molecule has 0 bridgehead atoms. The first kappa shape index (κ1) is 11.0. The first-order valence-electron chi connectivity index (χ1n) is 5.85. The monoisotopic (exact) mass is 296 g/mol. The van der Waals surface area contributed by atoms with E-state index in [-0.39, 0.29) is 10.6 Å². The van der Waals surface area contributed by atoms with Crippen LogP contribution in [0.1, 0.15) is 19.3 Å². The molecule has 4 nitrogen and oxygen atoms in total. The minimum absolute atomic E-state index is 0.123. The van der Waals surface area contributed by atoms with Crippen LogP contribution in [0.5, 0.6) is 0 Å². The molecular weight excluding hydrogens is 284 g/mol. The number of rotatable bonds is 3. The lowest BCUT2D eigenvalue weighted by molar-refractivity contribution is -0.384. The fourth-order valence-corrected chi connectivity index (χ4v) is 3.30. The van der Waals surface area contributed by atoms with Crippen LogP contribution < -0.4 is 5.32 Å². The lowest BCUT2D eigenvalue weighted by Gasteiger charge is -2.16. The highest BCUT2D eigenvalue weighted by atomic mass is 79.9. The van der Waals surface area contributed by atoms with Crippen molar-refractivity contribution in [3.63, 3.8) is 0 Å². The molecule has 90 valence electrons. The topological polar surface area (TPSA) is 55.2 Å². The molecule has 3 unspecified atom stereocenters. The van der Waals surface area contributed by atoms with Gasteiger partial charge in [-0.05, 0) is 53.1 Å². The van der Waals surface area contributed by atoms with E-state index in [1.807, 2.05) is 0 Å². The zero-order valence-corrected chi connectivity index (χ0v) is 10.8. The molecule has 0 heterocycles. The standard InChI is InChI=1S/C12H13BrN2O2/c13-10-6-8(15(16)17)2-4-12(10)14-11-3-1-7-5-9(7)11/h2,4,6-7,9,11,14H,1,3,5H2. The van der Waals surface area contributed by atoms with E-state index in [1.54, 1.807) is 18.2 Å². The highest BCUT2D eigenvalue weighted by molar-refractivity contribution is 9.10. The molecule has 0 amide bonds. The third kappa shape index (κ3) is 2.04. The number of halogens is 1. The van der Waals surface area contributed by atoms with Gasteiger partial charge in [0.15, 0.2) is 0 Å². The van der Waals surface area contributed by atoms with Crippen LogP contribution in [0, 0.1) is 22.0 Å². The summed E-state index contributed by atoms with van der Waals surface area (Å²) in [5.74, 6) is 1.77. The minimum atomic E-state index is -0.374. The van der Waals surface area contributed by atoms with Crippen molar-refractivity contribution in [2.75, 3.05) is 5.32 Å². The largest absolute Gasteiger partial charge is 0.381 e. The number of fused-ring (bicyclic) bond motifs is 1. The van der Waals surface area contributed by atoms with Gasteiger partial charge >= 0.3 is 0 Å². The maximum Gasteiger partial charge on any atom is 0.270 e. The van der Waals surface area contributed by atoms with E-state index in [0.717, 1.165) is 22.0 Å². The molecule has 0 spiro atoms. The fourth-order valence-electron chi connectivity index (χ4n) is 2.82. The summed E-state index contributed by atoms with van der Waals surface area (Å²) < 4.78 is 0.774. The molecule has 2 fully saturated rings. The van der Waals surface area contributed by atoms with Crippen molar-refractivity contribution >= 4 is 27.3 Å². The molecular formula is C12H13BrN2O2. The first-order valence-corrected chi connectivity index (χ1v) is 6.65. The van der Waals surface area contributed by atoms with Crippen molar-refractivity contribution in [2.24, 2.45) is 11.8 Å². The average molecular weight is 297 g/mol. The number of hydrogen-bond donors (Lipinski definition) is 1. The Morgan fingerprint density at radius 2 is 2.24 bits per heavy atom. The summed E-state index contributed by atoms with van der Waals surface area (Å²) in [7, 11) is 0. The van der Waals surface area contributed by atoms with Crippen LogP contribution in [0.2, 0.25) is 0 Å². The molecule has 2 aliphatic carbocycles. The van der Waals surface area contributed by atoms with Gasteiger partial charge in [-0.25, -0.2) is 0 Å². The number of anilines is 1. The second-order valence-electron chi connectivity index (χ2n) is 4.91. The van der Waals surface area contributed by atoms with Gasteiger partial charge in [0.25, 0.3) is 5.69 Å². The molecule has 0 aliphatic heterocycles. The van der Waals surface area contributed by atoms with Gasteiger partial charge in [0.05, 0.1) is 4.92 Å². The second-order valence-corrected chi connectivity index (χ2v) is 5.76. The molecule has 1 aromatic rings. The van der Waals surface area contributed by atoms with Crippen LogP contribution in [0.25, 0.3) is 0 Å². The van der Waals surface area contributed by atoms with Gasteiger partial charge in [-0.3, -0.25) is 10.1 Å². The average Bonchev–Trinajstić information content (AvgIpc) is 2.97. The van der Waals surface area contributed by atoms with Gasteiger partial charge in [-0.15, -0.1) is 0 Å². The lowest BCUT2D eigenvalue weighted by Crippen LogP contribution is -2.19. The van der Waals surface area contributed by atoms with E-state index in [1.165, 1.54) is 19.3 Å². The smallest absolute Gasteiger partial charge is 0.270 e. The molecule has 2 saturated carbocycles. The summed E-state index contributed by atoms with van der Waals surface area (Å²) >= 11 is 3.39. The predicted molar refractivity (Wildman–Crippen MR) is 69.0 cm³/mol. The zero-order valence-electron chi connectivity index (χ0n) is 9.23. The van der Waals surface area contributed by atoms with E-state index < -0.39 is 0 Å². The van der Waals surface area contributed by atoms with Crippen molar-refractivity contribution in [1.82, 2.24) is 0 Å². The van der Waals surface area contributed by atoms with Crippen molar-refractivity contribution in [2.45, 2.75) is 25.3 Å². The van der Waals surface area contributed by atoms with E-state index in [9.17, 15) is 10.1 Å². The van der Waals surface area contributed by atoms with E-state index in [4.69, 9.17) is 0 Å². The van der Waals surface area contributed by atoms with Crippen LogP contribution in [-0.4, -0.2) is 11.0 Å². The van der Waals surface area contributed by atoms with Gasteiger partial charge in [-0.1, -0.05) is 0 Å². The number of non-ortho nitro benzene ring substituents is 1. The number of nitro groups is 1. The first-order chi connectivity index (χ1) is 8.15. The van der Waals surface area contributed by atoms with Crippen molar-refractivity contribution in [3.05, 3.63) is 32.8 Å². The Balaban J connectivity index is 1.76. The predicted octanol–water partition coefficient (Wildman–Crippen LogP) is 3.57. The number of nitrogens with one attached hydrogen (secondary N) is 1. The Bertz CT molecular complexity index is 478. The molecule has 5 heteroatoms. The van der Waals surface area contributed by atoms with E-state index >= 15 is 0 Å². The maximum atomic E-state index is 10.6.